The SMILES string of the molecule is Cc1cncc(-c2ccc3c(c2)C(=O)N(c2cccc(-c4nncn4C4CC4)n2)C3)c1. The standard InChI is InChI=1S/C24H20N6O/c1-15-9-18(12-25-11-15)16-5-6-17-13-29(24(31)20(17)10-16)22-4-2-3-21(27-22)23-28-26-14-30(23)19-7-8-19/h2-6,9-12,14,19H,7-8,13H2,1H3. The summed E-state index contributed by atoms with van der Waals surface area (Å²) in [7, 11) is 0. The van der Waals surface area contributed by atoms with Crippen LogP contribution in [0.3, 0.4) is 0 Å². The van der Waals surface area contributed by atoms with Crippen LogP contribution in [0.2, 0.25) is 0 Å². The van der Waals surface area contributed by atoms with Crippen molar-refractivity contribution in [2.24, 2.45) is 0 Å². The molecule has 3 aromatic heterocycles. The molecule has 0 spiro atoms. The summed E-state index contributed by atoms with van der Waals surface area (Å²) in [6.07, 6.45) is 7.70. The second-order valence-corrected chi connectivity index (χ2v) is 8.19. The highest BCUT2D eigenvalue weighted by Gasteiger charge is 2.31. The molecule has 31 heavy (non-hydrogen) atoms. The van der Waals surface area contributed by atoms with Crippen molar-refractivity contribution in [1.82, 2.24) is 24.7 Å². The van der Waals surface area contributed by atoms with E-state index >= 15 is 0 Å². The van der Waals surface area contributed by atoms with E-state index in [1.165, 1.54) is 0 Å². The molecule has 1 amide bonds. The zero-order valence-electron chi connectivity index (χ0n) is 17.1. The van der Waals surface area contributed by atoms with Crippen molar-refractivity contribution < 1.29 is 4.79 Å². The Morgan fingerprint density at radius 2 is 1.94 bits per heavy atom. The van der Waals surface area contributed by atoms with E-state index in [0.717, 1.165) is 46.6 Å². The smallest absolute Gasteiger partial charge is 0.260 e. The van der Waals surface area contributed by atoms with Crippen LogP contribution in [0.15, 0.2) is 61.2 Å². The molecule has 4 aromatic rings. The van der Waals surface area contributed by atoms with Crippen molar-refractivity contribution in [1.29, 1.82) is 0 Å². The molecule has 0 saturated heterocycles. The lowest BCUT2D eigenvalue weighted by molar-refractivity contribution is 0.0996. The van der Waals surface area contributed by atoms with Gasteiger partial charge in [0.15, 0.2) is 5.82 Å². The first-order valence-corrected chi connectivity index (χ1v) is 10.4. The summed E-state index contributed by atoms with van der Waals surface area (Å²) in [6.45, 7) is 2.52. The summed E-state index contributed by atoms with van der Waals surface area (Å²) in [5.41, 5.74) is 5.54. The first-order chi connectivity index (χ1) is 15.2. The zero-order chi connectivity index (χ0) is 20.9. The maximum atomic E-state index is 13.3. The number of anilines is 1. The van der Waals surface area contributed by atoms with Gasteiger partial charge in [0.1, 0.15) is 17.8 Å². The summed E-state index contributed by atoms with van der Waals surface area (Å²) in [6, 6.07) is 14.3. The van der Waals surface area contributed by atoms with Gasteiger partial charge in [-0.3, -0.25) is 14.7 Å². The third-order valence-electron chi connectivity index (χ3n) is 5.88. The Hall–Kier alpha value is -3.87. The highest BCUT2D eigenvalue weighted by Crippen LogP contribution is 2.37. The summed E-state index contributed by atoms with van der Waals surface area (Å²) >= 11 is 0. The number of pyridine rings is 2. The molecule has 0 atom stereocenters. The molecule has 7 nitrogen and oxygen atoms in total. The van der Waals surface area contributed by atoms with E-state index in [4.69, 9.17) is 4.98 Å². The number of rotatable bonds is 4. The molecular weight excluding hydrogens is 388 g/mol. The van der Waals surface area contributed by atoms with Gasteiger partial charge in [-0.1, -0.05) is 18.2 Å². The molecule has 1 aliphatic carbocycles. The number of amides is 1. The van der Waals surface area contributed by atoms with Crippen molar-refractivity contribution in [2.75, 3.05) is 4.90 Å². The molecule has 6 rings (SSSR count). The lowest BCUT2D eigenvalue weighted by Crippen LogP contribution is -2.24. The van der Waals surface area contributed by atoms with E-state index in [2.05, 4.69) is 25.8 Å². The van der Waals surface area contributed by atoms with Gasteiger partial charge in [-0.15, -0.1) is 10.2 Å². The van der Waals surface area contributed by atoms with Crippen molar-refractivity contribution in [2.45, 2.75) is 32.4 Å². The second kappa shape index (κ2) is 6.84. The molecule has 1 saturated carbocycles. The van der Waals surface area contributed by atoms with E-state index < -0.39 is 0 Å². The van der Waals surface area contributed by atoms with Gasteiger partial charge in [-0.25, -0.2) is 4.98 Å². The number of carbonyl (C=O) groups excluding carboxylic acids is 1. The van der Waals surface area contributed by atoms with Crippen molar-refractivity contribution in [3.63, 3.8) is 0 Å². The topological polar surface area (TPSA) is 76.8 Å². The monoisotopic (exact) mass is 408 g/mol. The highest BCUT2D eigenvalue weighted by molar-refractivity contribution is 6.10. The average Bonchev–Trinajstić information content (AvgIpc) is 3.43. The zero-order valence-corrected chi connectivity index (χ0v) is 17.1. The fourth-order valence-corrected chi connectivity index (χ4v) is 4.12. The van der Waals surface area contributed by atoms with Gasteiger partial charge in [0.25, 0.3) is 5.91 Å². The molecule has 0 N–H and O–H groups in total. The Labute approximate surface area is 179 Å². The third kappa shape index (κ3) is 3.09. The summed E-state index contributed by atoms with van der Waals surface area (Å²) < 4.78 is 2.08. The number of aromatic nitrogens is 5. The van der Waals surface area contributed by atoms with E-state index in [1.807, 2.05) is 55.7 Å². The van der Waals surface area contributed by atoms with Crippen molar-refractivity contribution >= 4 is 11.7 Å². The van der Waals surface area contributed by atoms with Gasteiger partial charge in [-0.2, -0.15) is 0 Å². The molecule has 0 radical (unpaired) electrons. The quantitative estimate of drug-likeness (QED) is 0.506. The fourth-order valence-electron chi connectivity index (χ4n) is 4.12. The highest BCUT2D eigenvalue weighted by atomic mass is 16.2. The minimum Gasteiger partial charge on any atom is -0.309 e. The van der Waals surface area contributed by atoms with Gasteiger partial charge in [0.05, 0.1) is 6.54 Å². The van der Waals surface area contributed by atoms with E-state index in [-0.39, 0.29) is 5.91 Å². The molecule has 1 aliphatic heterocycles. The Balaban J connectivity index is 1.33. The molecule has 1 aromatic carbocycles. The van der Waals surface area contributed by atoms with E-state index in [1.54, 1.807) is 11.2 Å². The lowest BCUT2D eigenvalue weighted by Gasteiger charge is -2.15. The first-order valence-electron chi connectivity index (χ1n) is 10.4. The Bertz CT molecular complexity index is 1320. The molecule has 152 valence electrons. The van der Waals surface area contributed by atoms with Gasteiger partial charge in [0, 0.05) is 29.6 Å². The predicted molar refractivity (Wildman–Crippen MR) is 116 cm³/mol. The maximum absolute atomic E-state index is 13.3. The third-order valence-corrected chi connectivity index (χ3v) is 5.88. The van der Waals surface area contributed by atoms with Crippen LogP contribution in [0.25, 0.3) is 22.6 Å². The molecule has 7 heteroatoms. The molecule has 0 bridgehead atoms. The Morgan fingerprint density at radius 3 is 2.77 bits per heavy atom. The first kappa shape index (κ1) is 17.9. The lowest BCUT2D eigenvalue weighted by atomic mass is 10.0. The largest absolute Gasteiger partial charge is 0.309 e. The van der Waals surface area contributed by atoms with Crippen LogP contribution in [-0.2, 0) is 6.54 Å². The predicted octanol–water partition coefficient (Wildman–Crippen LogP) is 4.21. The van der Waals surface area contributed by atoms with Gasteiger partial charge in [0.2, 0.25) is 0 Å². The summed E-state index contributed by atoms with van der Waals surface area (Å²) in [5, 5.41) is 8.33. The van der Waals surface area contributed by atoms with Crippen molar-refractivity contribution in [3.05, 3.63) is 77.9 Å². The maximum Gasteiger partial charge on any atom is 0.260 e. The van der Waals surface area contributed by atoms with Crippen LogP contribution in [-0.4, -0.2) is 30.6 Å². The summed E-state index contributed by atoms with van der Waals surface area (Å²) in [5.74, 6) is 1.34. The molecule has 4 heterocycles. The van der Waals surface area contributed by atoms with Crippen LogP contribution in [0.5, 0.6) is 0 Å². The normalized spacial score (nSPS) is 15.4. The number of nitrogens with zero attached hydrogens (tertiary/aromatic N) is 6. The van der Waals surface area contributed by atoms with Crippen molar-refractivity contribution in [3.8, 4) is 22.6 Å². The van der Waals surface area contributed by atoms with Crippen LogP contribution in [0.4, 0.5) is 5.82 Å². The van der Waals surface area contributed by atoms with Gasteiger partial charge >= 0.3 is 0 Å². The van der Waals surface area contributed by atoms with E-state index in [9.17, 15) is 4.79 Å². The minimum absolute atomic E-state index is 0.0363. The average molecular weight is 408 g/mol. The van der Waals surface area contributed by atoms with Crippen LogP contribution < -0.4 is 4.90 Å². The molecule has 1 fully saturated rings. The van der Waals surface area contributed by atoms with Crippen LogP contribution >= 0.6 is 0 Å². The number of aryl methyl sites for hydroxylation is 1. The van der Waals surface area contributed by atoms with Crippen LogP contribution in [0, 0.1) is 6.92 Å². The van der Waals surface area contributed by atoms with Gasteiger partial charge < -0.3 is 4.57 Å². The van der Waals surface area contributed by atoms with Gasteiger partial charge in [-0.05, 0) is 60.7 Å². The Morgan fingerprint density at radius 1 is 1.03 bits per heavy atom. The number of carbonyl (C=O) groups is 1. The number of hydrogen-bond acceptors (Lipinski definition) is 5. The molecule has 0 unspecified atom stereocenters. The minimum atomic E-state index is -0.0363. The number of hydrogen-bond donors (Lipinski definition) is 0. The number of benzene rings is 1. The number of fused-ring (bicyclic) bond motifs is 1. The van der Waals surface area contributed by atoms with Crippen LogP contribution in [0.1, 0.15) is 40.4 Å². The van der Waals surface area contributed by atoms with E-state index in [0.29, 0.717) is 24.0 Å². The second-order valence-electron chi connectivity index (χ2n) is 8.19. The molecular formula is C24H20N6O. The Kier molecular flexibility index (Phi) is 3.96. The molecule has 2 aliphatic rings. The summed E-state index contributed by atoms with van der Waals surface area (Å²) in [4.78, 5) is 24.0. The fraction of sp³-hybridized carbons (Fsp3) is 0.208.